The van der Waals surface area contributed by atoms with Crippen molar-refractivity contribution in [1.82, 2.24) is 0 Å². The van der Waals surface area contributed by atoms with Crippen LogP contribution in [0.25, 0.3) is 0 Å². The fourth-order valence-corrected chi connectivity index (χ4v) is 0.885. The Labute approximate surface area is 92.4 Å². The van der Waals surface area contributed by atoms with Gasteiger partial charge in [0.05, 0.1) is 0 Å². The molecule has 1 nitrogen and oxygen atoms in total. The molecule has 0 saturated carbocycles. The predicted molar refractivity (Wildman–Crippen MR) is 66.9 cm³/mol. The van der Waals surface area contributed by atoms with Crippen LogP contribution in [-0.4, -0.2) is 0 Å². The molecule has 0 unspecified atom stereocenters. The number of hydrogen-bond donors (Lipinski definition) is 0. The van der Waals surface area contributed by atoms with Gasteiger partial charge in [-0.25, -0.2) is 0 Å². The Balaban J connectivity index is 0.000000921. The first kappa shape index (κ1) is 13.2. The highest BCUT2D eigenvalue weighted by Crippen LogP contribution is 2.12. The topological polar surface area (TPSA) is 9.23 Å². The normalized spacial score (nSPS) is 9.60. The number of allylic oxidation sites excluding steroid dienone is 3. The standard InChI is InChI=1S/C12H12O.C2H6/c1-3-8-11(4-2)13-12-9-6-5-7-10-12;1-2/h3-10H,1-2H2;1-2H3/b11-8+;. The lowest BCUT2D eigenvalue weighted by molar-refractivity contribution is 0.445. The van der Waals surface area contributed by atoms with Crippen LogP contribution in [0.15, 0.2) is 67.5 Å². The van der Waals surface area contributed by atoms with Gasteiger partial charge in [0.2, 0.25) is 0 Å². The van der Waals surface area contributed by atoms with Crippen molar-refractivity contribution in [2.24, 2.45) is 0 Å². The zero-order valence-electron chi connectivity index (χ0n) is 9.44. The molecule has 80 valence electrons. The van der Waals surface area contributed by atoms with Crippen molar-refractivity contribution < 1.29 is 4.74 Å². The van der Waals surface area contributed by atoms with Gasteiger partial charge in [-0.3, -0.25) is 0 Å². The summed E-state index contributed by atoms with van der Waals surface area (Å²) in [4.78, 5) is 0. The van der Waals surface area contributed by atoms with Gasteiger partial charge in [0.1, 0.15) is 11.5 Å². The first-order chi connectivity index (χ1) is 7.36. The molecule has 0 heterocycles. The summed E-state index contributed by atoms with van der Waals surface area (Å²) in [5.41, 5.74) is 0. The molecule has 0 N–H and O–H groups in total. The predicted octanol–water partition coefficient (Wildman–Crippen LogP) is 4.35. The molecule has 1 rings (SSSR count). The van der Waals surface area contributed by atoms with E-state index in [4.69, 9.17) is 4.74 Å². The highest BCUT2D eigenvalue weighted by molar-refractivity contribution is 5.27. The van der Waals surface area contributed by atoms with Crippen molar-refractivity contribution in [2.75, 3.05) is 0 Å². The summed E-state index contributed by atoms with van der Waals surface area (Å²) in [5.74, 6) is 1.50. The van der Waals surface area contributed by atoms with Crippen LogP contribution < -0.4 is 4.74 Å². The second-order valence-electron chi connectivity index (χ2n) is 2.42. The quantitative estimate of drug-likeness (QED) is 0.521. The van der Waals surface area contributed by atoms with E-state index in [0.29, 0.717) is 5.76 Å². The molecule has 0 aromatic heterocycles. The monoisotopic (exact) mass is 202 g/mol. The summed E-state index contributed by atoms with van der Waals surface area (Å²) >= 11 is 0. The van der Waals surface area contributed by atoms with E-state index in [-0.39, 0.29) is 0 Å². The zero-order valence-corrected chi connectivity index (χ0v) is 9.44. The first-order valence-corrected chi connectivity index (χ1v) is 5.05. The van der Waals surface area contributed by atoms with Gasteiger partial charge in [0, 0.05) is 0 Å². The van der Waals surface area contributed by atoms with Crippen molar-refractivity contribution >= 4 is 0 Å². The minimum Gasteiger partial charge on any atom is -0.457 e. The zero-order chi connectivity index (χ0) is 11.5. The van der Waals surface area contributed by atoms with E-state index in [1.165, 1.54) is 0 Å². The van der Waals surface area contributed by atoms with Gasteiger partial charge in [-0.1, -0.05) is 51.3 Å². The fraction of sp³-hybridized carbons (Fsp3) is 0.143. The van der Waals surface area contributed by atoms with Crippen LogP contribution in [0, 0.1) is 0 Å². The maximum atomic E-state index is 5.48. The first-order valence-electron chi connectivity index (χ1n) is 5.05. The third-order valence-electron chi connectivity index (χ3n) is 1.46. The van der Waals surface area contributed by atoms with Crippen molar-refractivity contribution in [3.8, 4) is 5.75 Å². The van der Waals surface area contributed by atoms with E-state index in [1.54, 1.807) is 18.2 Å². The van der Waals surface area contributed by atoms with Crippen molar-refractivity contribution in [1.29, 1.82) is 0 Å². The van der Waals surface area contributed by atoms with Crippen LogP contribution in [0.2, 0.25) is 0 Å². The Hall–Kier alpha value is -1.76. The molecule has 1 heteroatoms. The third kappa shape index (κ3) is 5.53. The maximum absolute atomic E-state index is 5.48. The van der Waals surface area contributed by atoms with Crippen LogP contribution in [0.3, 0.4) is 0 Å². The summed E-state index contributed by atoms with van der Waals surface area (Å²) in [7, 11) is 0. The smallest absolute Gasteiger partial charge is 0.127 e. The van der Waals surface area contributed by atoms with Crippen LogP contribution in [0.1, 0.15) is 13.8 Å². The van der Waals surface area contributed by atoms with E-state index >= 15 is 0 Å². The molecule has 0 aliphatic carbocycles. The average molecular weight is 202 g/mol. The highest BCUT2D eigenvalue weighted by atomic mass is 16.5. The van der Waals surface area contributed by atoms with Crippen LogP contribution in [-0.2, 0) is 0 Å². The average Bonchev–Trinajstić information content (AvgIpc) is 2.32. The van der Waals surface area contributed by atoms with Crippen molar-refractivity contribution in [2.45, 2.75) is 13.8 Å². The molecule has 0 saturated heterocycles. The molecule has 1 aromatic carbocycles. The SMILES string of the molecule is C=C/C=C(\C=C)Oc1ccccc1.CC. The lowest BCUT2D eigenvalue weighted by Gasteiger charge is -2.04. The third-order valence-corrected chi connectivity index (χ3v) is 1.46. The highest BCUT2D eigenvalue weighted by Gasteiger charge is 1.92. The Morgan fingerprint density at radius 1 is 1.13 bits per heavy atom. The molecule has 0 aliphatic heterocycles. The molecule has 0 fully saturated rings. The Kier molecular flexibility index (Phi) is 7.79. The van der Waals surface area contributed by atoms with Gasteiger partial charge >= 0.3 is 0 Å². The van der Waals surface area contributed by atoms with Crippen LogP contribution >= 0.6 is 0 Å². The minimum atomic E-state index is 0.696. The van der Waals surface area contributed by atoms with Gasteiger partial charge in [-0.15, -0.1) is 0 Å². The van der Waals surface area contributed by atoms with E-state index in [9.17, 15) is 0 Å². The number of para-hydroxylation sites is 1. The van der Waals surface area contributed by atoms with Crippen molar-refractivity contribution in [3.63, 3.8) is 0 Å². The second-order valence-corrected chi connectivity index (χ2v) is 2.42. The molecule has 0 bridgehead atoms. The fourth-order valence-electron chi connectivity index (χ4n) is 0.885. The molecule has 0 amide bonds. The number of hydrogen-bond acceptors (Lipinski definition) is 1. The lowest BCUT2D eigenvalue weighted by atomic mass is 10.3. The molecular formula is C14H18O. The lowest BCUT2D eigenvalue weighted by Crippen LogP contribution is -1.90. The molecule has 0 atom stereocenters. The summed E-state index contributed by atoms with van der Waals surface area (Å²) in [5, 5.41) is 0. The summed E-state index contributed by atoms with van der Waals surface area (Å²) in [6, 6.07) is 9.56. The van der Waals surface area contributed by atoms with Crippen molar-refractivity contribution in [3.05, 3.63) is 67.5 Å². The minimum absolute atomic E-state index is 0.696. The molecule has 0 aliphatic rings. The van der Waals surface area contributed by atoms with Gasteiger partial charge in [-0.05, 0) is 24.3 Å². The Bertz CT molecular complexity index is 309. The molecule has 15 heavy (non-hydrogen) atoms. The molecule has 1 aromatic rings. The number of benzene rings is 1. The van der Waals surface area contributed by atoms with Gasteiger partial charge in [0.25, 0.3) is 0 Å². The Morgan fingerprint density at radius 3 is 2.20 bits per heavy atom. The summed E-state index contributed by atoms with van der Waals surface area (Å²) in [6.07, 6.45) is 5.08. The second kappa shape index (κ2) is 8.82. The molecule has 0 spiro atoms. The molecule has 0 radical (unpaired) electrons. The van der Waals surface area contributed by atoms with Crippen LogP contribution in [0.5, 0.6) is 5.75 Å². The van der Waals surface area contributed by atoms with E-state index < -0.39 is 0 Å². The van der Waals surface area contributed by atoms with Gasteiger partial charge < -0.3 is 4.74 Å². The Morgan fingerprint density at radius 2 is 1.73 bits per heavy atom. The maximum Gasteiger partial charge on any atom is 0.127 e. The molecular weight excluding hydrogens is 184 g/mol. The van der Waals surface area contributed by atoms with E-state index in [1.807, 2.05) is 44.2 Å². The van der Waals surface area contributed by atoms with Crippen LogP contribution in [0.4, 0.5) is 0 Å². The van der Waals surface area contributed by atoms with E-state index in [2.05, 4.69) is 13.2 Å². The van der Waals surface area contributed by atoms with E-state index in [0.717, 1.165) is 5.75 Å². The van der Waals surface area contributed by atoms with Gasteiger partial charge in [0.15, 0.2) is 0 Å². The summed E-state index contributed by atoms with van der Waals surface area (Å²) < 4.78 is 5.48. The largest absolute Gasteiger partial charge is 0.457 e. The summed E-state index contributed by atoms with van der Waals surface area (Å²) in [6.45, 7) is 11.2. The number of rotatable bonds is 4. The van der Waals surface area contributed by atoms with Gasteiger partial charge in [-0.2, -0.15) is 0 Å². The number of ether oxygens (including phenoxy) is 1.